The molecule has 0 aliphatic rings. The lowest BCUT2D eigenvalue weighted by molar-refractivity contribution is -0.118. The fraction of sp³-hybridized carbons (Fsp3) is 0.278. The summed E-state index contributed by atoms with van der Waals surface area (Å²) < 4.78 is 6.09. The number of fused-ring (bicyclic) bond motifs is 1. The number of hydrogen-bond donors (Lipinski definition) is 2. The Morgan fingerprint density at radius 3 is 2.72 bits per heavy atom. The van der Waals surface area contributed by atoms with Crippen LogP contribution in [0, 0.1) is 12.8 Å². The number of hydrogen-bond acceptors (Lipinski definition) is 5. The van der Waals surface area contributed by atoms with E-state index in [4.69, 9.17) is 4.42 Å². The van der Waals surface area contributed by atoms with Gasteiger partial charge in [-0.3, -0.25) is 9.59 Å². The average molecular weight is 357 g/mol. The topological polar surface area (TPSA) is 84.2 Å². The maximum atomic E-state index is 12.6. The molecule has 1 aromatic carbocycles. The number of thiazole rings is 1. The third-order valence-electron chi connectivity index (χ3n) is 3.74. The zero-order valence-corrected chi connectivity index (χ0v) is 15.0. The second-order valence-electron chi connectivity index (χ2n) is 6.08. The fourth-order valence-electron chi connectivity index (χ4n) is 2.49. The van der Waals surface area contributed by atoms with Crippen molar-refractivity contribution in [1.29, 1.82) is 0 Å². The molecule has 0 aliphatic carbocycles. The lowest BCUT2D eigenvalue weighted by atomic mass is 10.0. The summed E-state index contributed by atoms with van der Waals surface area (Å²) in [5.41, 5.74) is 1.59. The number of rotatable bonds is 5. The lowest BCUT2D eigenvalue weighted by Crippen LogP contribution is -2.47. The smallest absolute Gasteiger partial charge is 0.287 e. The Labute approximate surface area is 149 Å². The number of carbonyl (C=O) groups is 2. The van der Waals surface area contributed by atoms with Gasteiger partial charge in [-0.1, -0.05) is 13.8 Å². The number of furan rings is 1. The van der Waals surface area contributed by atoms with E-state index in [0.29, 0.717) is 5.69 Å². The zero-order valence-electron chi connectivity index (χ0n) is 14.2. The Balaban J connectivity index is 1.74. The summed E-state index contributed by atoms with van der Waals surface area (Å²) in [5, 5.41) is 6.57. The highest BCUT2D eigenvalue weighted by Crippen LogP contribution is 2.25. The third kappa shape index (κ3) is 3.88. The molecule has 2 N–H and O–H groups in total. The molecule has 2 amide bonds. The highest BCUT2D eigenvalue weighted by Gasteiger charge is 2.25. The molecule has 0 saturated heterocycles. The molecule has 3 aromatic rings. The van der Waals surface area contributed by atoms with Crippen molar-refractivity contribution in [3.05, 3.63) is 47.4 Å². The molecule has 25 heavy (non-hydrogen) atoms. The minimum absolute atomic E-state index is 0.0757. The molecule has 6 nitrogen and oxygen atoms in total. The molecule has 0 bridgehead atoms. The fourth-order valence-corrected chi connectivity index (χ4v) is 3.36. The van der Waals surface area contributed by atoms with E-state index in [0.717, 1.165) is 15.2 Å². The van der Waals surface area contributed by atoms with Crippen LogP contribution in [0.15, 0.2) is 41.0 Å². The van der Waals surface area contributed by atoms with E-state index in [-0.39, 0.29) is 17.6 Å². The van der Waals surface area contributed by atoms with Crippen LogP contribution in [0.5, 0.6) is 0 Å². The first-order valence-electron chi connectivity index (χ1n) is 7.96. The van der Waals surface area contributed by atoms with Crippen LogP contribution in [0.25, 0.3) is 10.2 Å². The molecule has 1 atom stereocenters. The Kier molecular flexibility index (Phi) is 4.85. The largest absolute Gasteiger partial charge is 0.459 e. The summed E-state index contributed by atoms with van der Waals surface area (Å²) in [6.45, 7) is 5.70. The number of amides is 2. The van der Waals surface area contributed by atoms with E-state index in [1.807, 2.05) is 39.0 Å². The molecule has 0 radical (unpaired) electrons. The lowest BCUT2D eigenvalue weighted by Gasteiger charge is -2.21. The third-order valence-corrected chi connectivity index (χ3v) is 4.68. The van der Waals surface area contributed by atoms with Crippen LogP contribution in [0.3, 0.4) is 0 Å². The van der Waals surface area contributed by atoms with E-state index < -0.39 is 11.9 Å². The number of aromatic nitrogens is 1. The van der Waals surface area contributed by atoms with Gasteiger partial charge in [-0.05, 0) is 43.2 Å². The van der Waals surface area contributed by atoms with Gasteiger partial charge in [0.1, 0.15) is 6.04 Å². The van der Waals surface area contributed by atoms with Gasteiger partial charge in [-0.2, -0.15) is 0 Å². The molecule has 0 fully saturated rings. The summed E-state index contributed by atoms with van der Waals surface area (Å²) >= 11 is 1.57. The van der Waals surface area contributed by atoms with Crippen LogP contribution in [-0.4, -0.2) is 22.8 Å². The summed E-state index contributed by atoms with van der Waals surface area (Å²) in [6.07, 6.45) is 1.42. The first-order chi connectivity index (χ1) is 11.9. The van der Waals surface area contributed by atoms with Crippen molar-refractivity contribution in [3.8, 4) is 0 Å². The van der Waals surface area contributed by atoms with Gasteiger partial charge in [0.15, 0.2) is 5.76 Å². The van der Waals surface area contributed by atoms with Gasteiger partial charge in [-0.15, -0.1) is 11.3 Å². The summed E-state index contributed by atoms with van der Waals surface area (Å²) in [4.78, 5) is 29.2. The summed E-state index contributed by atoms with van der Waals surface area (Å²) in [6, 6.07) is 8.10. The van der Waals surface area contributed by atoms with Crippen LogP contribution in [0.2, 0.25) is 0 Å². The molecular weight excluding hydrogens is 338 g/mol. The van der Waals surface area contributed by atoms with Crippen molar-refractivity contribution in [2.75, 3.05) is 5.32 Å². The van der Waals surface area contributed by atoms with Crippen molar-refractivity contribution >= 4 is 39.1 Å². The van der Waals surface area contributed by atoms with E-state index >= 15 is 0 Å². The monoisotopic (exact) mass is 357 g/mol. The molecular formula is C18H19N3O3S. The average Bonchev–Trinajstić information content (AvgIpc) is 3.20. The maximum Gasteiger partial charge on any atom is 0.287 e. The van der Waals surface area contributed by atoms with Gasteiger partial charge < -0.3 is 15.1 Å². The number of aryl methyl sites for hydroxylation is 1. The number of nitrogens with zero attached hydrogens (tertiary/aromatic N) is 1. The van der Waals surface area contributed by atoms with Gasteiger partial charge in [0.2, 0.25) is 5.91 Å². The number of carbonyl (C=O) groups excluding carboxylic acids is 2. The SMILES string of the molecule is Cc1nc2ccc(NC(=O)[C@@H](NC(=O)c3ccco3)C(C)C)cc2s1. The van der Waals surface area contributed by atoms with Crippen molar-refractivity contribution in [2.24, 2.45) is 5.92 Å². The molecule has 3 rings (SSSR count). The Morgan fingerprint density at radius 1 is 1.24 bits per heavy atom. The summed E-state index contributed by atoms with van der Waals surface area (Å²) in [7, 11) is 0. The van der Waals surface area contributed by atoms with Crippen LogP contribution >= 0.6 is 11.3 Å². The highest BCUT2D eigenvalue weighted by molar-refractivity contribution is 7.18. The maximum absolute atomic E-state index is 12.6. The van der Waals surface area contributed by atoms with Crippen LogP contribution in [0.1, 0.15) is 29.4 Å². The van der Waals surface area contributed by atoms with Crippen LogP contribution < -0.4 is 10.6 Å². The minimum atomic E-state index is -0.670. The van der Waals surface area contributed by atoms with Crippen molar-refractivity contribution in [2.45, 2.75) is 26.8 Å². The number of nitrogens with one attached hydrogen (secondary N) is 2. The molecule has 2 aromatic heterocycles. The molecule has 0 unspecified atom stereocenters. The predicted molar refractivity (Wildman–Crippen MR) is 97.8 cm³/mol. The predicted octanol–water partition coefficient (Wildman–Crippen LogP) is 3.59. The Hall–Kier alpha value is -2.67. The van der Waals surface area contributed by atoms with E-state index in [2.05, 4.69) is 15.6 Å². The Bertz CT molecular complexity index is 900. The minimum Gasteiger partial charge on any atom is -0.459 e. The molecule has 2 heterocycles. The van der Waals surface area contributed by atoms with Gasteiger partial charge in [0.25, 0.3) is 5.91 Å². The molecule has 0 aliphatic heterocycles. The molecule has 0 spiro atoms. The van der Waals surface area contributed by atoms with Gasteiger partial charge in [0, 0.05) is 5.69 Å². The van der Waals surface area contributed by atoms with Crippen LogP contribution in [0.4, 0.5) is 5.69 Å². The summed E-state index contributed by atoms with van der Waals surface area (Å²) in [5.74, 6) is -0.573. The zero-order chi connectivity index (χ0) is 18.0. The van der Waals surface area contributed by atoms with Crippen molar-refractivity contribution < 1.29 is 14.0 Å². The van der Waals surface area contributed by atoms with E-state index in [1.54, 1.807) is 23.5 Å². The van der Waals surface area contributed by atoms with Gasteiger partial charge >= 0.3 is 0 Å². The van der Waals surface area contributed by atoms with E-state index in [1.165, 1.54) is 6.26 Å². The highest BCUT2D eigenvalue weighted by atomic mass is 32.1. The van der Waals surface area contributed by atoms with Crippen molar-refractivity contribution in [1.82, 2.24) is 10.3 Å². The van der Waals surface area contributed by atoms with Gasteiger partial charge in [-0.25, -0.2) is 4.98 Å². The van der Waals surface area contributed by atoms with E-state index in [9.17, 15) is 9.59 Å². The Morgan fingerprint density at radius 2 is 2.04 bits per heavy atom. The molecule has 130 valence electrons. The number of anilines is 1. The second-order valence-corrected chi connectivity index (χ2v) is 7.31. The first-order valence-corrected chi connectivity index (χ1v) is 8.78. The second kappa shape index (κ2) is 7.06. The van der Waals surface area contributed by atoms with Crippen LogP contribution in [-0.2, 0) is 4.79 Å². The number of benzene rings is 1. The molecule has 7 heteroatoms. The van der Waals surface area contributed by atoms with Crippen molar-refractivity contribution in [3.63, 3.8) is 0 Å². The normalized spacial score (nSPS) is 12.3. The standard InChI is InChI=1S/C18H19N3O3S/c1-10(2)16(21-17(22)14-5-4-8-24-14)18(23)20-12-6-7-13-15(9-12)25-11(3)19-13/h4-10,16H,1-3H3,(H,20,23)(H,21,22)/t16-/m0/s1. The van der Waals surface area contributed by atoms with Gasteiger partial charge in [0.05, 0.1) is 21.5 Å². The quantitative estimate of drug-likeness (QED) is 0.731. The molecule has 0 saturated carbocycles. The first kappa shape index (κ1) is 17.2.